The van der Waals surface area contributed by atoms with Crippen LogP contribution in [0.3, 0.4) is 0 Å². The Morgan fingerprint density at radius 2 is 1.91 bits per heavy atom. The van der Waals surface area contributed by atoms with E-state index in [9.17, 15) is 0 Å². The third-order valence-electron chi connectivity index (χ3n) is 3.66. The number of hydrogen-bond donors (Lipinski definition) is 0. The van der Waals surface area contributed by atoms with E-state index in [4.69, 9.17) is 0 Å². The van der Waals surface area contributed by atoms with Crippen LogP contribution >= 0.6 is 15.9 Å². The Bertz CT molecular complexity index is 964. The molecule has 4 aromatic rings. The van der Waals surface area contributed by atoms with Gasteiger partial charge in [-0.15, -0.1) is 10.2 Å². The second-order valence-electron chi connectivity index (χ2n) is 4.99. The topological polar surface area (TPSA) is 46.3 Å². The predicted molar refractivity (Wildman–Crippen MR) is 90.5 cm³/mol. The van der Waals surface area contributed by atoms with Crippen LogP contribution in [0.1, 0.15) is 0 Å². The van der Waals surface area contributed by atoms with Crippen molar-refractivity contribution in [3.8, 4) is 0 Å². The van der Waals surface area contributed by atoms with Crippen molar-refractivity contribution in [2.24, 2.45) is 0 Å². The summed E-state index contributed by atoms with van der Waals surface area (Å²) in [5.74, 6) is 1.44. The van der Waals surface area contributed by atoms with Crippen molar-refractivity contribution >= 4 is 44.1 Å². The van der Waals surface area contributed by atoms with Crippen molar-refractivity contribution in [2.75, 3.05) is 11.9 Å². The predicted octanol–water partition coefficient (Wildman–Crippen LogP) is 3.81. The fraction of sp³-hybridized carbons (Fsp3) is 0.0625. The summed E-state index contributed by atoms with van der Waals surface area (Å²) in [6, 6.07) is 16.3. The van der Waals surface area contributed by atoms with E-state index in [0.29, 0.717) is 5.78 Å². The van der Waals surface area contributed by atoms with Crippen LogP contribution < -0.4 is 4.90 Å². The lowest BCUT2D eigenvalue weighted by Gasteiger charge is -2.20. The molecule has 4 rings (SSSR count). The van der Waals surface area contributed by atoms with E-state index in [1.165, 1.54) is 0 Å². The average Bonchev–Trinajstić information content (AvgIpc) is 3.02. The maximum atomic E-state index is 4.68. The Morgan fingerprint density at radius 3 is 2.73 bits per heavy atom. The molecule has 2 aromatic heterocycles. The van der Waals surface area contributed by atoms with Crippen LogP contribution in [0, 0.1) is 0 Å². The van der Waals surface area contributed by atoms with Gasteiger partial charge in [-0.1, -0.05) is 34.1 Å². The molecule has 2 aromatic carbocycles. The van der Waals surface area contributed by atoms with Crippen molar-refractivity contribution in [2.45, 2.75) is 0 Å². The SMILES string of the molecule is CN(c1ccccc1)c1nc2nncn2c2ccc(Br)cc12. The van der Waals surface area contributed by atoms with E-state index in [1.807, 2.05) is 41.8 Å². The molecule has 0 amide bonds. The largest absolute Gasteiger partial charge is 0.329 e. The number of fused-ring (bicyclic) bond motifs is 3. The summed E-state index contributed by atoms with van der Waals surface area (Å²) < 4.78 is 2.90. The maximum Gasteiger partial charge on any atom is 0.257 e. The summed E-state index contributed by atoms with van der Waals surface area (Å²) >= 11 is 3.54. The van der Waals surface area contributed by atoms with Crippen LogP contribution in [-0.4, -0.2) is 26.6 Å². The van der Waals surface area contributed by atoms with Gasteiger partial charge in [-0.3, -0.25) is 4.40 Å². The smallest absolute Gasteiger partial charge is 0.257 e. The van der Waals surface area contributed by atoms with E-state index in [2.05, 4.69) is 54.2 Å². The number of nitrogens with zero attached hydrogens (tertiary/aromatic N) is 5. The minimum atomic E-state index is 0.590. The number of halogens is 1. The molecule has 0 saturated carbocycles. The van der Waals surface area contributed by atoms with Gasteiger partial charge in [0.15, 0.2) is 0 Å². The summed E-state index contributed by atoms with van der Waals surface area (Å²) in [4.78, 5) is 6.73. The maximum absolute atomic E-state index is 4.68. The fourth-order valence-electron chi connectivity index (χ4n) is 2.56. The summed E-state index contributed by atoms with van der Waals surface area (Å²) in [7, 11) is 2.00. The van der Waals surface area contributed by atoms with Crippen molar-refractivity contribution in [1.29, 1.82) is 0 Å². The van der Waals surface area contributed by atoms with Gasteiger partial charge in [-0.2, -0.15) is 4.98 Å². The minimum absolute atomic E-state index is 0.590. The lowest BCUT2D eigenvalue weighted by Crippen LogP contribution is -2.12. The number of hydrogen-bond acceptors (Lipinski definition) is 4. The normalized spacial score (nSPS) is 11.2. The van der Waals surface area contributed by atoms with E-state index in [-0.39, 0.29) is 0 Å². The Hall–Kier alpha value is -2.47. The molecule has 2 heterocycles. The van der Waals surface area contributed by atoms with Gasteiger partial charge >= 0.3 is 0 Å². The molecular formula is C16H12BrN5. The highest BCUT2D eigenvalue weighted by molar-refractivity contribution is 9.10. The molecule has 0 unspecified atom stereocenters. The first-order chi connectivity index (χ1) is 10.7. The fourth-order valence-corrected chi connectivity index (χ4v) is 2.92. The van der Waals surface area contributed by atoms with Crippen LogP contribution in [0.2, 0.25) is 0 Å². The summed E-state index contributed by atoms with van der Waals surface area (Å²) in [6.07, 6.45) is 1.69. The Balaban J connectivity index is 2.04. The molecule has 108 valence electrons. The molecule has 0 bridgehead atoms. The number of benzene rings is 2. The molecule has 0 aliphatic heterocycles. The van der Waals surface area contributed by atoms with Crippen LogP contribution in [0.15, 0.2) is 59.3 Å². The molecule has 6 heteroatoms. The van der Waals surface area contributed by atoms with Gasteiger partial charge in [0.05, 0.1) is 5.52 Å². The van der Waals surface area contributed by atoms with E-state index >= 15 is 0 Å². The third-order valence-corrected chi connectivity index (χ3v) is 4.15. The first kappa shape index (κ1) is 13.2. The molecule has 5 nitrogen and oxygen atoms in total. The number of aromatic nitrogens is 4. The zero-order valence-corrected chi connectivity index (χ0v) is 13.4. The molecule has 0 fully saturated rings. The van der Waals surface area contributed by atoms with Gasteiger partial charge in [0, 0.05) is 22.6 Å². The van der Waals surface area contributed by atoms with E-state index in [0.717, 1.165) is 26.9 Å². The van der Waals surface area contributed by atoms with Gasteiger partial charge < -0.3 is 4.90 Å². The molecule has 0 saturated heterocycles. The minimum Gasteiger partial charge on any atom is -0.329 e. The molecule has 0 atom stereocenters. The van der Waals surface area contributed by atoms with Crippen molar-refractivity contribution in [3.63, 3.8) is 0 Å². The highest BCUT2D eigenvalue weighted by atomic mass is 79.9. The van der Waals surface area contributed by atoms with Crippen molar-refractivity contribution in [1.82, 2.24) is 19.6 Å². The third kappa shape index (κ3) is 2.03. The molecular weight excluding hydrogens is 342 g/mol. The van der Waals surface area contributed by atoms with Crippen molar-refractivity contribution < 1.29 is 0 Å². The molecule has 0 aliphatic rings. The highest BCUT2D eigenvalue weighted by Crippen LogP contribution is 2.31. The summed E-state index contributed by atoms with van der Waals surface area (Å²) in [5.41, 5.74) is 2.09. The number of rotatable bonds is 2. The van der Waals surface area contributed by atoms with Crippen LogP contribution in [0.4, 0.5) is 11.5 Å². The van der Waals surface area contributed by atoms with Gasteiger partial charge in [0.2, 0.25) is 0 Å². The first-order valence-corrected chi connectivity index (χ1v) is 7.61. The van der Waals surface area contributed by atoms with Crippen LogP contribution in [-0.2, 0) is 0 Å². The van der Waals surface area contributed by atoms with Gasteiger partial charge in [0.1, 0.15) is 12.1 Å². The van der Waals surface area contributed by atoms with Gasteiger partial charge in [-0.25, -0.2) is 0 Å². The molecule has 0 spiro atoms. The Morgan fingerprint density at radius 1 is 1.09 bits per heavy atom. The monoisotopic (exact) mass is 353 g/mol. The van der Waals surface area contributed by atoms with Crippen molar-refractivity contribution in [3.05, 3.63) is 59.3 Å². The lowest BCUT2D eigenvalue weighted by molar-refractivity contribution is 1.08. The van der Waals surface area contributed by atoms with Crippen LogP contribution in [0.5, 0.6) is 0 Å². The molecule has 0 N–H and O–H groups in total. The summed E-state index contributed by atoms with van der Waals surface area (Å²) in [5, 5.41) is 9.09. The first-order valence-electron chi connectivity index (χ1n) is 6.82. The average molecular weight is 354 g/mol. The Kier molecular flexibility index (Phi) is 3.04. The van der Waals surface area contributed by atoms with Gasteiger partial charge in [0.25, 0.3) is 5.78 Å². The molecule has 0 radical (unpaired) electrons. The zero-order chi connectivity index (χ0) is 15.1. The zero-order valence-electron chi connectivity index (χ0n) is 11.8. The number of para-hydroxylation sites is 1. The molecule has 0 aliphatic carbocycles. The second-order valence-corrected chi connectivity index (χ2v) is 5.91. The van der Waals surface area contributed by atoms with E-state index in [1.54, 1.807) is 6.33 Å². The lowest BCUT2D eigenvalue weighted by atomic mass is 10.2. The standard InChI is InChI=1S/C16H12BrN5/c1-21(12-5-3-2-4-6-12)15-13-9-11(17)7-8-14(13)22-10-18-20-16(22)19-15/h2-10H,1H3. The Labute approximate surface area is 135 Å². The van der Waals surface area contributed by atoms with Gasteiger partial charge in [-0.05, 0) is 30.3 Å². The molecule has 22 heavy (non-hydrogen) atoms. The number of anilines is 2. The van der Waals surface area contributed by atoms with Crippen LogP contribution in [0.25, 0.3) is 16.7 Å². The quantitative estimate of drug-likeness (QED) is 0.549. The second kappa shape index (κ2) is 5.06. The highest BCUT2D eigenvalue weighted by Gasteiger charge is 2.14. The summed E-state index contributed by atoms with van der Waals surface area (Å²) in [6.45, 7) is 0. The van der Waals surface area contributed by atoms with E-state index < -0.39 is 0 Å².